The largest absolute Gasteiger partial charge is 0.508 e. The van der Waals surface area contributed by atoms with Crippen LogP contribution in [0.25, 0.3) is 11.1 Å². The molecule has 1 saturated heterocycles. The number of rotatable bonds is 13. The Morgan fingerprint density at radius 1 is 0.649 bits per heavy atom. The average Bonchev–Trinajstić information content (AvgIpc) is 0.761. The molecule has 0 aromatic heterocycles. The van der Waals surface area contributed by atoms with Crippen LogP contribution in [0.5, 0.6) is 46.0 Å². The Balaban J connectivity index is 1.05. The topological polar surface area (TPSA) is 504 Å². The van der Waals surface area contributed by atoms with Crippen molar-refractivity contribution in [2.45, 2.75) is 183 Å². The molecule has 33 nitrogen and oxygen atoms in total. The summed E-state index contributed by atoms with van der Waals surface area (Å²) in [6.07, 6.45) is -11.8. The summed E-state index contributed by atoms with van der Waals surface area (Å²) in [6.45, 7) is 8.94. The number of phenolic OH excluding ortho intramolecular Hbond substituents is 3. The van der Waals surface area contributed by atoms with E-state index in [9.17, 15) is 60.0 Å². The minimum absolute atomic E-state index is 0.0525. The number of carbonyl (C=O) groups excluding carboxylic acids is 10. The summed E-state index contributed by atoms with van der Waals surface area (Å²) in [5.74, 6) is -14.5. The molecule has 35 heteroatoms. The molecule has 5 fully saturated rings. The van der Waals surface area contributed by atoms with E-state index in [4.69, 9.17) is 52.6 Å². The maximum absolute atomic E-state index is 16.2. The number of phenols is 3. The molecule has 15 rings (SSSR count). The number of likely N-dealkylation sites (N-methyl/N-ethyl adjacent to an activating group) is 1. The van der Waals surface area contributed by atoms with Crippen LogP contribution in [0.4, 0.5) is 4.79 Å². The fourth-order valence-electron chi connectivity index (χ4n) is 15.9. The lowest BCUT2D eigenvalue weighted by Crippen LogP contribution is -2.61. The maximum atomic E-state index is 16.2. The molecular weight excluding hydrogens is 1490 g/mol. The third-order valence-electron chi connectivity index (χ3n) is 21.1. The Bertz CT molecular complexity index is 4510. The number of carbonyl (C=O) groups is 10. The Kier molecular flexibility index (Phi) is 23.3. The van der Waals surface area contributed by atoms with Gasteiger partial charge in [0.15, 0.2) is 11.5 Å². The number of halogens is 2. The number of amides is 10. The normalized spacial score (nSPS) is 28.6. The predicted molar refractivity (Wildman–Crippen MR) is 391 cm³/mol. The van der Waals surface area contributed by atoms with Crippen molar-refractivity contribution in [3.8, 4) is 57.1 Å². The Morgan fingerprint density at radius 2 is 1.23 bits per heavy atom. The van der Waals surface area contributed by atoms with E-state index in [2.05, 4.69) is 42.5 Å². The van der Waals surface area contributed by atoms with Gasteiger partial charge >= 0.3 is 6.09 Å². The van der Waals surface area contributed by atoms with Gasteiger partial charge in [-0.05, 0) is 171 Å². The van der Waals surface area contributed by atoms with Crippen LogP contribution >= 0.6 is 23.2 Å². The fourth-order valence-corrected chi connectivity index (χ4v) is 16.4. The summed E-state index contributed by atoms with van der Waals surface area (Å²) in [6, 6.07) is -0.531. The number of ether oxygens (including phenoxy) is 5. The van der Waals surface area contributed by atoms with Crippen molar-refractivity contribution in [2.75, 3.05) is 13.6 Å². The highest BCUT2D eigenvalue weighted by Crippen LogP contribution is 2.55. The monoisotopic (exact) mass is 1580 g/mol. The van der Waals surface area contributed by atoms with Gasteiger partial charge in [0.25, 0.3) is 0 Å². The number of nitrogens with one attached hydrogen (secondary N) is 8. The highest BCUT2D eigenvalue weighted by molar-refractivity contribution is 6.32. The van der Waals surface area contributed by atoms with E-state index in [0.29, 0.717) is 11.8 Å². The molecule has 18 N–H and O–H groups in total. The van der Waals surface area contributed by atoms with Crippen molar-refractivity contribution < 1.29 is 112 Å². The van der Waals surface area contributed by atoms with Crippen LogP contribution in [0, 0.1) is 29.6 Å². The molecule has 6 aliphatic heterocycles. The van der Waals surface area contributed by atoms with Crippen LogP contribution in [-0.2, 0) is 52.6 Å². The van der Waals surface area contributed by atoms with Gasteiger partial charge < -0.3 is 113 Å². The molecule has 4 aliphatic carbocycles. The van der Waals surface area contributed by atoms with E-state index in [1.807, 2.05) is 0 Å². The van der Waals surface area contributed by atoms with E-state index >= 15 is 28.8 Å². The van der Waals surface area contributed by atoms with Gasteiger partial charge in [-0.1, -0.05) is 55.2 Å². The molecule has 6 heterocycles. The first-order chi connectivity index (χ1) is 52.4. The fraction of sp³-hybridized carbons (Fsp3) is 0.474. The minimum Gasteiger partial charge on any atom is -0.508 e. The number of aliphatic hydroxyl groups excluding tert-OH is 5. The van der Waals surface area contributed by atoms with Crippen molar-refractivity contribution in [3.63, 3.8) is 0 Å². The number of aromatic hydroxyl groups is 3. The van der Waals surface area contributed by atoms with Gasteiger partial charge in [-0.2, -0.15) is 0 Å². The van der Waals surface area contributed by atoms with Gasteiger partial charge in [-0.3, -0.25) is 48.1 Å². The SMILES string of the molecule is CC(=O)NCC1OC(Oc2c3cc4cc2Oc2ccc(cc2Cl)[C@@H](O)[C@H]2NC(=O)[C@H](NC(=O)[C@@H]4NC(=O)[C@H](CC(N)=O)NC(=O)[C@H](NC(=O)[C@@H](CC(C)C)N(C)C(=O)OC(C)(C)C)[C@H](O)c4ccc(c(Cl)c4)O3)c3ccc(O)c(c3)-c3c(O)cc(O)cc3[C@@H](C(=O)NC3C4CC5CC(C4)CC3C5)NC2=O)C(O)C(O)C1O. The molecular formula is C76H88Cl2N10O23. The van der Waals surface area contributed by atoms with Crippen LogP contribution in [0.15, 0.2) is 78.9 Å². The zero-order valence-corrected chi connectivity index (χ0v) is 62.7. The quantitative estimate of drug-likeness (QED) is 0.0802. The Labute approximate surface area is 645 Å². The summed E-state index contributed by atoms with van der Waals surface area (Å²) in [5.41, 5.74) is 2.53. The lowest BCUT2D eigenvalue weighted by atomic mass is 9.54. The minimum atomic E-state index is -2.35. The number of aliphatic hydroxyl groups is 5. The molecule has 10 aliphatic rings. The molecule has 4 saturated carbocycles. The van der Waals surface area contributed by atoms with Crippen LogP contribution in [0.2, 0.25) is 10.0 Å². The second-order valence-corrected chi connectivity index (χ2v) is 31.6. The van der Waals surface area contributed by atoms with Crippen molar-refractivity contribution in [1.82, 2.24) is 47.4 Å². The number of nitrogens with two attached hydrogens (primary N) is 1. The van der Waals surface area contributed by atoms with E-state index in [1.165, 1.54) is 25.2 Å². The lowest BCUT2D eigenvalue weighted by Gasteiger charge is -2.54. The maximum Gasteiger partial charge on any atom is 0.410 e. The van der Waals surface area contributed by atoms with Gasteiger partial charge in [0, 0.05) is 43.8 Å². The number of benzene rings is 5. The molecule has 111 heavy (non-hydrogen) atoms. The first-order valence-corrected chi connectivity index (χ1v) is 37.0. The van der Waals surface area contributed by atoms with Gasteiger partial charge in [0.05, 0.1) is 16.5 Å². The summed E-state index contributed by atoms with van der Waals surface area (Å²) in [4.78, 5) is 149. The highest BCUT2D eigenvalue weighted by Gasteiger charge is 2.51. The Morgan fingerprint density at radius 3 is 1.82 bits per heavy atom. The summed E-state index contributed by atoms with van der Waals surface area (Å²) >= 11 is 14.2. The third kappa shape index (κ3) is 17.3. The molecule has 14 atom stereocenters. The predicted octanol–water partition coefficient (Wildman–Crippen LogP) is 3.52. The van der Waals surface area contributed by atoms with Crippen molar-refractivity contribution in [1.29, 1.82) is 0 Å². The van der Waals surface area contributed by atoms with Crippen molar-refractivity contribution in [2.24, 2.45) is 35.3 Å². The molecule has 0 radical (unpaired) electrons. The summed E-state index contributed by atoms with van der Waals surface area (Å²) in [7, 11) is 1.27. The number of nitrogens with zero attached hydrogens (tertiary/aromatic N) is 1. The van der Waals surface area contributed by atoms with Gasteiger partial charge in [0.1, 0.15) is 113 Å². The first kappa shape index (κ1) is 80.3. The molecule has 15 bridgehead atoms. The van der Waals surface area contributed by atoms with Crippen molar-refractivity contribution >= 4 is 82.5 Å². The van der Waals surface area contributed by atoms with E-state index in [-0.39, 0.29) is 75.1 Å². The van der Waals surface area contributed by atoms with Crippen LogP contribution in [0.1, 0.15) is 145 Å². The summed E-state index contributed by atoms with van der Waals surface area (Å²) < 4.78 is 31.2. The molecule has 594 valence electrons. The number of primary amides is 1. The number of fused-ring (bicyclic) bond motifs is 15. The number of hydrogen-bond acceptors (Lipinski definition) is 23. The lowest BCUT2D eigenvalue weighted by molar-refractivity contribution is -0.271. The van der Waals surface area contributed by atoms with Crippen molar-refractivity contribution in [3.05, 3.63) is 117 Å². The molecule has 5 aromatic rings. The molecule has 10 amide bonds. The standard InChI is InChI=1S/C76H88Cl2N10O23/c1-29(2)14-45(88(7)75(106)111-76(4,5)6)68(100)86-59-61(94)34-9-12-48(42(77)21-34)107-50-23-38-24-51(66(50)110-74-65(98)64(97)63(96)52(109-74)28-80-30(3)89)108-49-13-10-35(22-43(49)78)62(95)60-73(105)85-58(71(103)82-55-36-16-31-15-32(18-36)19-37(55)17-31)41-25-39(90)26-47(92)54(41)40-20-33(8-11-46(40)91)56(69(101)87-60)84-70(102)57(38)83-67(99)44(27-53(79)93)81-72(59)104/h8-13,20-26,29,31-32,36-37,44-45,52,55-65,74,90-92,94-98H,14-19,27-28H2,1-7H3,(H2,79,93)(H,80,89)(H,81,104)(H,82,103)(H,83,99)(H,84,102)(H,85,105)(H,86,100)(H,87,101)/t31?,32?,36?,37?,44-,45+,52?,55?,56+,57+,58-,59+,60+,61+,62+,63?,64?,65?,74?/m0/s1. The van der Waals surface area contributed by atoms with Gasteiger partial charge in [-0.25, -0.2) is 4.79 Å². The smallest absolute Gasteiger partial charge is 0.410 e. The van der Waals surface area contributed by atoms with Crippen LogP contribution in [-0.4, -0.2) is 185 Å². The van der Waals surface area contributed by atoms with Crippen LogP contribution in [0.3, 0.4) is 0 Å². The van der Waals surface area contributed by atoms with Crippen LogP contribution < -0.4 is 62.5 Å². The average molecular weight is 1580 g/mol. The highest BCUT2D eigenvalue weighted by atomic mass is 35.5. The van der Waals surface area contributed by atoms with E-state index < -0.39 is 213 Å². The zero-order chi connectivity index (χ0) is 80.3. The third-order valence-corrected chi connectivity index (χ3v) is 21.7. The second kappa shape index (κ2) is 32.2. The van der Waals surface area contributed by atoms with Gasteiger partial charge in [0.2, 0.25) is 65.2 Å². The first-order valence-electron chi connectivity index (χ1n) is 36.2. The molecule has 5 aromatic carbocycles. The van der Waals surface area contributed by atoms with E-state index in [0.717, 1.165) is 105 Å². The number of hydrogen-bond donors (Lipinski definition) is 17. The molecule has 0 spiro atoms. The molecule has 5 unspecified atom stereocenters. The second-order valence-electron chi connectivity index (χ2n) is 30.8. The van der Waals surface area contributed by atoms with E-state index in [1.54, 1.807) is 34.6 Å². The zero-order valence-electron chi connectivity index (χ0n) is 61.2. The Hall–Kier alpha value is -10.3. The summed E-state index contributed by atoms with van der Waals surface area (Å²) in [5, 5.41) is 115. The van der Waals surface area contributed by atoms with Gasteiger partial charge in [-0.15, -0.1) is 0 Å².